The fourth-order valence-electron chi connectivity index (χ4n) is 3.04. The number of thiazole rings is 1. The van der Waals surface area contributed by atoms with Crippen molar-refractivity contribution in [2.45, 2.75) is 58.0 Å². The summed E-state index contributed by atoms with van der Waals surface area (Å²) in [6.45, 7) is 2.63. The number of unbranched alkanes of at least 4 members (excludes halogenated alkanes) is 2. The number of hydrogen-bond acceptors (Lipinski definition) is 5. The van der Waals surface area contributed by atoms with Crippen LogP contribution in [0.3, 0.4) is 0 Å². The molecule has 0 N–H and O–H groups in total. The van der Waals surface area contributed by atoms with Gasteiger partial charge in [-0.3, -0.25) is 4.79 Å². The van der Waals surface area contributed by atoms with Crippen molar-refractivity contribution in [1.82, 2.24) is 9.88 Å². The number of ether oxygens (including phenoxy) is 1. The number of rotatable bonds is 9. The van der Waals surface area contributed by atoms with E-state index in [9.17, 15) is 9.59 Å². The predicted octanol–water partition coefficient (Wildman–Crippen LogP) is 4.47. The highest BCUT2D eigenvalue weighted by Gasteiger charge is 2.33. The maximum Gasteiger partial charge on any atom is 0.357 e. The average Bonchev–Trinajstić information content (AvgIpc) is 3.43. The Morgan fingerprint density at radius 3 is 2.59 bits per heavy atom. The number of esters is 1. The van der Waals surface area contributed by atoms with Gasteiger partial charge in [0, 0.05) is 17.0 Å². The van der Waals surface area contributed by atoms with E-state index < -0.39 is 5.97 Å². The number of nitrogens with zero attached hydrogens (tertiary/aromatic N) is 2. The monoisotopic (exact) mass is 386 g/mol. The van der Waals surface area contributed by atoms with E-state index >= 15 is 0 Å². The quantitative estimate of drug-likeness (QED) is 0.471. The van der Waals surface area contributed by atoms with Gasteiger partial charge in [-0.05, 0) is 43.4 Å². The van der Waals surface area contributed by atoms with Crippen molar-refractivity contribution in [3.8, 4) is 0 Å². The summed E-state index contributed by atoms with van der Waals surface area (Å²) in [6.07, 6.45) is 6.74. The first-order valence-electron chi connectivity index (χ1n) is 9.55. The minimum Gasteiger partial charge on any atom is -0.464 e. The van der Waals surface area contributed by atoms with Crippen LogP contribution in [-0.2, 0) is 17.7 Å². The lowest BCUT2D eigenvalue weighted by atomic mass is 10.0. The van der Waals surface area contributed by atoms with Gasteiger partial charge in [-0.15, -0.1) is 11.3 Å². The molecule has 1 fully saturated rings. The Labute approximate surface area is 164 Å². The summed E-state index contributed by atoms with van der Waals surface area (Å²) < 4.78 is 4.70. The SMILES string of the molecule is CCCCCc1ccc(C(=O)N(Cc2nc(C(=O)OC)cs2)C2CC2)cc1. The third-order valence-corrected chi connectivity index (χ3v) is 5.60. The lowest BCUT2D eigenvalue weighted by Crippen LogP contribution is -2.32. The van der Waals surface area contributed by atoms with Crippen LogP contribution in [0.5, 0.6) is 0 Å². The van der Waals surface area contributed by atoms with Crippen LogP contribution < -0.4 is 0 Å². The van der Waals surface area contributed by atoms with Crippen molar-refractivity contribution in [3.63, 3.8) is 0 Å². The number of amides is 1. The van der Waals surface area contributed by atoms with Crippen LogP contribution in [0.4, 0.5) is 0 Å². The molecule has 1 heterocycles. The molecule has 1 aliphatic rings. The number of methoxy groups -OCH3 is 1. The lowest BCUT2D eigenvalue weighted by molar-refractivity contribution is 0.0594. The Balaban J connectivity index is 1.67. The zero-order valence-electron chi connectivity index (χ0n) is 15.9. The van der Waals surface area contributed by atoms with Gasteiger partial charge in [0.25, 0.3) is 5.91 Å². The largest absolute Gasteiger partial charge is 0.464 e. The number of aryl methyl sites for hydroxylation is 1. The number of aromatic nitrogens is 1. The second kappa shape index (κ2) is 9.13. The summed E-state index contributed by atoms with van der Waals surface area (Å²) in [4.78, 5) is 30.8. The summed E-state index contributed by atoms with van der Waals surface area (Å²) in [5.41, 5.74) is 2.30. The molecule has 1 saturated carbocycles. The van der Waals surface area contributed by atoms with E-state index in [4.69, 9.17) is 4.74 Å². The van der Waals surface area contributed by atoms with Gasteiger partial charge in [0.1, 0.15) is 5.01 Å². The number of benzene rings is 1. The summed E-state index contributed by atoms with van der Waals surface area (Å²) in [5.74, 6) is -0.409. The Bertz CT molecular complexity index is 781. The zero-order chi connectivity index (χ0) is 19.2. The van der Waals surface area contributed by atoms with E-state index in [-0.39, 0.29) is 11.9 Å². The highest BCUT2D eigenvalue weighted by molar-refractivity contribution is 7.09. The van der Waals surface area contributed by atoms with Gasteiger partial charge in [-0.1, -0.05) is 31.9 Å². The lowest BCUT2D eigenvalue weighted by Gasteiger charge is -2.21. The van der Waals surface area contributed by atoms with E-state index in [0.717, 1.165) is 24.3 Å². The smallest absolute Gasteiger partial charge is 0.357 e. The van der Waals surface area contributed by atoms with E-state index in [1.54, 1.807) is 5.38 Å². The molecule has 144 valence electrons. The molecule has 5 nitrogen and oxygen atoms in total. The minimum atomic E-state index is -0.444. The molecule has 0 atom stereocenters. The topological polar surface area (TPSA) is 59.5 Å². The van der Waals surface area contributed by atoms with Gasteiger partial charge < -0.3 is 9.64 Å². The van der Waals surface area contributed by atoms with E-state index in [2.05, 4.69) is 24.0 Å². The van der Waals surface area contributed by atoms with Crippen LogP contribution in [0.1, 0.15) is 70.4 Å². The third kappa shape index (κ3) is 5.16. The highest BCUT2D eigenvalue weighted by atomic mass is 32.1. The number of carbonyl (C=O) groups is 2. The van der Waals surface area contributed by atoms with Crippen molar-refractivity contribution in [2.24, 2.45) is 0 Å². The van der Waals surface area contributed by atoms with Gasteiger partial charge in [-0.2, -0.15) is 0 Å². The zero-order valence-corrected chi connectivity index (χ0v) is 16.8. The second-order valence-corrected chi connectivity index (χ2v) is 7.88. The highest BCUT2D eigenvalue weighted by Crippen LogP contribution is 2.30. The number of hydrogen-bond donors (Lipinski definition) is 0. The van der Waals surface area contributed by atoms with Crippen LogP contribution in [0.2, 0.25) is 0 Å². The van der Waals surface area contributed by atoms with Crippen molar-refractivity contribution < 1.29 is 14.3 Å². The molecule has 0 saturated heterocycles. The van der Waals surface area contributed by atoms with E-state index in [1.807, 2.05) is 17.0 Å². The molecule has 6 heteroatoms. The molecular formula is C21H26N2O3S. The first-order chi connectivity index (χ1) is 13.1. The first kappa shape index (κ1) is 19.5. The normalized spacial score (nSPS) is 13.4. The van der Waals surface area contributed by atoms with Gasteiger partial charge in [-0.25, -0.2) is 9.78 Å². The Hall–Kier alpha value is -2.21. The minimum absolute atomic E-state index is 0.0347. The molecule has 2 aromatic rings. The van der Waals surface area contributed by atoms with Crippen LogP contribution in [0.25, 0.3) is 0 Å². The Kier molecular flexibility index (Phi) is 6.61. The van der Waals surface area contributed by atoms with Crippen molar-refractivity contribution in [2.75, 3.05) is 7.11 Å². The summed E-state index contributed by atoms with van der Waals surface area (Å²) in [6, 6.07) is 8.26. The molecule has 27 heavy (non-hydrogen) atoms. The molecule has 0 aliphatic heterocycles. The fraction of sp³-hybridized carbons (Fsp3) is 0.476. The van der Waals surface area contributed by atoms with Gasteiger partial charge in [0.2, 0.25) is 0 Å². The van der Waals surface area contributed by atoms with Crippen molar-refractivity contribution >= 4 is 23.2 Å². The van der Waals surface area contributed by atoms with Gasteiger partial charge >= 0.3 is 5.97 Å². The van der Waals surface area contributed by atoms with Crippen LogP contribution in [-0.4, -0.2) is 34.9 Å². The maximum absolute atomic E-state index is 13.0. The summed E-state index contributed by atoms with van der Waals surface area (Å²) in [5, 5.41) is 2.44. The molecule has 0 radical (unpaired) electrons. The Morgan fingerprint density at radius 2 is 1.96 bits per heavy atom. The van der Waals surface area contributed by atoms with Gasteiger partial charge in [0.05, 0.1) is 13.7 Å². The molecule has 0 bridgehead atoms. The summed E-state index contributed by atoms with van der Waals surface area (Å²) >= 11 is 1.39. The predicted molar refractivity (Wildman–Crippen MR) is 106 cm³/mol. The molecule has 1 aliphatic carbocycles. The molecule has 1 aromatic carbocycles. The summed E-state index contributed by atoms with van der Waals surface area (Å²) in [7, 11) is 1.34. The second-order valence-electron chi connectivity index (χ2n) is 6.94. The van der Waals surface area contributed by atoms with Crippen LogP contribution >= 0.6 is 11.3 Å². The third-order valence-electron chi connectivity index (χ3n) is 4.77. The van der Waals surface area contributed by atoms with E-state index in [1.165, 1.54) is 43.3 Å². The van der Waals surface area contributed by atoms with Crippen LogP contribution in [0.15, 0.2) is 29.6 Å². The maximum atomic E-state index is 13.0. The van der Waals surface area contributed by atoms with Crippen molar-refractivity contribution in [1.29, 1.82) is 0 Å². The Morgan fingerprint density at radius 1 is 1.22 bits per heavy atom. The van der Waals surface area contributed by atoms with Crippen molar-refractivity contribution in [3.05, 3.63) is 51.5 Å². The molecule has 1 amide bonds. The fourth-order valence-corrected chi connectivity index (χ4v) is 3.80. The van der Waals surface area contributed by atoms with E-state index in [0.29, 0.717) is 17.8 Å². The molecule has 0 unspecified atom stereocenters. The standard InChI is InChI=1S/C21H26N2O3S/c1-3-4-5-6-15-7-9-16(10-8-15)20(24)23(17-11-12-17)13-19-22-18(14-27-19)21(25)26-2/h7-10,14,17H,3-6,11-13H2,1-2H3. The van der Waals surface area contributed by atoms with Crippen LogP contribution in [0, 0.1) is 0 Å². The first-order valence-corrected chi connectivity index (χ1v) is 10.4. The molecule has 1 aromatic heterocycles. The van der Waals surface area contributed by atoms with Gasteiger partial charge in [0.15, 0.2) is 5.69 Å². The molecular weight excluding hydrogens is 360 g/mol. The molecule has 3 rings (SSSR count). The molecule has 0 spiro atoms. The number of carbonyl (C=O) groups excluding carboxylic acids is 2. The average molecular weight is 387 g/mol.